The van der Waals surface area contributed by atoms with Crippen LogP contribution in [0, 0.1) is 0 Å². The van der Waals surface area contributed by atoms with Crippen molar-refractivity contribution in [3.05, 3.63) is 43.0 Å². The number of nitrogens with one attached hydrogen (secondary N) is 2. The summed E-state index contributed by atoms with van der Waals surface area (Å²) in [6.07, 6.45) is 5.56. The first-order valence-corrected chi connectivity index (χ1v) is 7.02. The van der Waals surface area contributed by atoms with E-state index in [1.807, 2.05) is 35.0 Å². The summed E-state index contributed by atoms with van der Waals surface area (Å²) in [5.74, 6) is -0.0451. The SMILES string of the molecule is Cl.Cl.O=C(CC1CNCCO1)Nc1ccccc1-n1ccnc1. The molecule has 6 nitrogen and oxygen atoms in total. The van der Waals surface area contributed by atoms with E-state index in [0.717, 1.165) is 24.5 Å². The maximum absolute atomic E-state index is 12.2. The van der Waals surface area contributed by atoms with Gasteiger partial charge in [-0.05, 0) is 12.1 Å². The van der Waals surface area contributed by atoms with Crippen molar-refractivity contribution in [3.8, 4) is 5.69 Å². The van der Waals surface area contributed by atoms with Crippen molar-refractivity contribution in [2.75, 3.05) is 25.0 Å². The lowest BCUT2D eigenvalue weighted by molar-refractivity contribution is -0.119. The van der Waals surface area contributed by atoms with Crippen molar-refractivity contribution in [1.82, 2.24) is 14.9 Å². The highest BCUT2D eigenvalue weighted by atomic mass is 35.5. The number of carbonyl (C=O) groups is 1. The van der Waals surface area contributed by atoms with Crippen LogP contribution in [-0.2, 0) is 9.53 Å². The minimum atomic E-state index is -0.0563. The Kier molecular flexibility index (Phi) is 8.05. The summed E-state index contributed by atoms with van der Waals surface area (Å²) in [6, 6.07) is 7.65. The summed E-state index contributed by atoms with van der Waals surface area (Å²) in [7, 11) is 0. The summed E-state index contributed by atoms with van der Waals surface area (Å²) in [4.78, 5) is 16.2. The Morgan fingerprint density at radius 2 is 2.22 bits per heavy atom. The third-order valence-corrected chi connectivity index (χ3v) is 3.38. The number of rotatable bonds is 4. The first-order chi connectivity index (χ1) is 10.3. The highest BCUT2D eigenvalue weighted by Gasteiger charge is 2.18. The van der Waals surface area contributed by atoms with Gasteiger partial charge in [0, 0.05) is 25.5 Å². The Balaban J connectivity index is 0.00000132. The number of hydrogen-bond acceptors (Lipinski definition) is 4. The van der Waals surface area contributed by atoms with E-state index in [1.165, 1.54) is 0 Å². The van der Waals surface area contributed by atoms with E-state index in [1.54, 1.807) is 12.5 Å². The molecule has 1 amide bonds. The average Bonchev–Trinajstić information content (AvgIpc) is 3.03. The van der Waals surface area contributed by atoms with Crippen molar-refractivity contribution in [3.63, 3.8) is 0 Å². The predicted molar refractivity (Wildman–Crippen MR) is 93.9 cm³/mol. The van der Waals surface area contributed by atoms with Gasteiger partial charge in [-0.25, -0.2) is 4.98 Å². The Labute approximate surface area is 147 Å². The van der Waals surface area contributed by atoms with Crippen LogP contribution in [-0.4, -0.2) is 41.3 Å². The number of nitrogens with zero attached hydrogens (tertiary/aromatic N) is 2. The van der Waals surface area contributed by atoms with E-state index in [-0.39, 0.29) is 36.8 Å². The molecule has 0 bridgehead atoms. The predicted octanol–water partition coefficient (Wildman–Crippen LogP) is 2.03. The maximum atomic E-state index is 12.2. The van der Waals surface area contributed by atoms with Crippen molar-refractivity contribution in [2.45, 2.75) is 12.5 Å². The van der Waals surface area contributed by atoms with Crippen molar-refractivity contribution in [2.24, 2.45) is 0 Å². The summed E-state index contributed by atoms with van der Waals surface area (Å²) in [6.45, 7) is 2.22. The van der Waals surface area contributed by atoms with E-state index < -0.39 is 0 Å². The molecular weight excluding hydrogens is 339 g/mol. The fourth-order valence-electron chi connectivity index (χ4n) is 2.36. The van der Waals surface area contributed by atoms with Gasteiger partial charge in [-0.1, -0.05) is 12.1 Å². The van der Waals surface area contributed by atoms with E-state index >= 15 is 0 Å². The Hall–Kier alpha value is -1.60. The molecule has 0 radical (unpaired) electrons. The number of morpholine rings is 1. The minimum absolute atomic E-state index is 0. The van der Waals surface area contributed by atoms with E-state index in [9.17, 15) is 4.79 Å². The molecule has 1 saturated heterocycles. The molecule has 126 valence electrons. The molecule has 2 N–H and O–H groups in total. The molecule has 1 aliphatic heterocycles. The normalized spacial score (nSPS) is 16.8. The van der Waals surface area contributed by atoms with E-state index in [2.05, 4.69) is 15.6 Å². The lowest BCUT2D eigenvalue weighted by Crippen LogP contribution is -2.40. The van der Waals surface area contributed by atoms with Gasteiger partial charge in [-0.2, -0.15) is 0 Å². The van der Waals surface area contributed by atoms with Crippen LogP contribution < -0.4 is 10.6 Å². The standard InChI is InChI=1S/C15H18N4O2.2ClH/c20-15(9-12-10-16-6-8-21-12)18-13-3-1-2-4-14(13)19-7-5-17-11-19;;/h1-5,7,11-12,16H,6,8-10H2,(H,18,20);2*1H. The highest BCUT2D eigenvalue weighted by Crippen LogP contribution is 2.20. The second-order valence-electron chi connectivity index (χ2n) is 4.94. The number of imidazole rings is 1. The molecule has 1 unspecified atom stereocenters. The monoisotopic (exact) mass is 358 g/mol. The molecule has 1 atom stereocenters. The van der Waals surface area contributed by atoms with Crippen LogP contribution in [0.5, 0.6) is 0 Å². The van der Waals surface area contributed by atoms with Crippen LogP contribution in [0.2, 0.25) is 0 Å². The highest BCUT2D eigenvalue weighted by molar-refractivity contribution is 5.93. The average molecular weight is 359 g/mol. The third kappa shape index (κ3) is 5.21. The molecule has 0 spiro atoms. The Morgan fingerprint density at radius 1 is 1.39 bits per heavy atom. The summed E-state index contributed by atoms with van der Waals surface area (Å²) in [5, 5.41) is 6.17. The fourth-order valence-corrected chi connectivity index (χ4v) is 2.36. The Bertz CT molecular complexity index is 601. The zero-order valence-corrected chi connectivity index (χ0v) is 14.1. The van der Waals surface area contributed by atoms with Crippen LogP contribution in [0.3, 0.4) is 0 Å². The minimum Gasteiger partial charge on any atom is -0.375 e. The van der Waals surface area contributed by atoms with Gasteiger partial charge in [-0.3, -0.25) is 4.79 Å². The van der Waals surface area contributed by atoms with Crippen LogP contribution in [0.15, 0.2) is 43.0 Å². The lowest BCUT2D eigenvalue weighted by atomic mass is 10.2. The van der Waals surface area contributed by atoms with Gasteiger partial charge in [0.2, 0.25) is 5.91 Å². The third-order valence-electron chi connectivity index (χ3n) is 3.38. The number of ether oxygens (including phenoxy) is 1. The zero-order chi connectivity index (χ0) is 14.5. The molecule has 2 aromatic rings. The van der Waals surface area contributed by atoms with Gasteiger partial charge in [0.15, 0.2) is 0 Å². The lowest BCUT2D eigenvalue weighted by Gasteiger charge is -2.23. The summed E-state index contributed by atoms with van der Waals surface area (Å²) in [5.41, 5.74) is 1.66. The van der Waals surface area contributed by atoms with Crippen LogP contribution >= 0.6 is 24.8 Å². The second-order valence-corrected chi connectivity index (χ2v) is 4.94. The summed E-state index contributed by atoms with van der Waals surface area (Å²) >= 11 is 0. The maximum Gasteiger partial charge on any atom is 0.227 e. The molecule has 3 rings (SSSR count). The van der Waals surface area contributed by atoms with Gasteiger partial charge in [0.1, 0.15) is 0 Å². The smallest absolute Gasteiger partial charge is 0.227 e. The van der Waals surface area contributed by atoms with Gasteiger partial charge >= 0.3 is 0 Å². The van der Waals surface area contributed by atoms with E-state index in [4.69, 9.17) is 4.74 Å². The molecule has 1 aromatic heterocycles. The quantitative estimate of drug-likeness (QED) is 0.877. The molecular formula is C15H20Cl2N4O2. The fraction of sp³-hybridized carbons (Fsp3) is 0.333. The van der Waals surface area contributed by atoms with E-state index in [0.29, 0.717) is 13.0 Å². The first kappa shape index (κ1) is 19.4. The van der Waals surface area contributed by atoms with Gasteiger partial charge in [0.25, 0.3) is 0 Å². The molecule has 8 heteroatoms. The molecule has 1 fully saturated rings. The van der Waals surface area contributed by atoms with Gasteiger partial charge < -0.3 is 19.9 Å². The van der Waals surface area contributed by atoms with Gasteiger partial charge in [-0.15, -0.1) is 24.8 Å². The zero-order valence-electron chi connectivity index (χ0n) is 12.5. The Morgan fingerprint density at radius 3 is 2.91 bits per heavy atom. The first-order valence-electron chi connectivity index (χ1n) is 7.02. The number of anilines is 1. The molecule has 1 aliphatic rings. The van der Waals surface area contributed by atoms with Crippen LogP contribution in [0.25, 0.3) is 5.69 Å². The largest absolute Gasteiger partial charge is 0.375 e. The molecule has 1 aromatic carbocycles. The van der Waals surface area contributed by atoms with Crippen LogP contribution in [0.1, 0.15) is 6.42 Å². The van der Waals surface area contributed by atoms with Crippen LogP contribution in [0.4, 0.5) is 5.69 Å². The number of hydrogen-bond donors (Lipinski definition) is 2. The topological polar surface area (TPSA) is 68.2 Å². The van der Waals surface area contributed by atoms with Gasteiger partial charge in [0.05, 0.1) is 36.8 Å². The number of para-hydroxylation sites is 2. The number of benzene rings is 1. The molecule has 23 heavy (non-hydrogen) atoms. The number of amides is 1. The summed E-state index contributed by atoms with van der Waals surface area (Å²) < 4.78 is 7.42. The van der Waals surface area contributed by atoms with Crippen molar-refractivity contribution < 1.29 is 9.53 Å². The number of halogens is 2. The molecule has 0 saturated carbocycles. The molecule has 2 heterocycles. The number of carbonyl (C=O) groups excluding carboxylic acids is 1. The van der Waals surface area contributed by atoms with Crippen molar-refractivity contribution in [1.29, 1.82) is 0 Å². The van der Waals surface area contributed by atoms with Crippen molar-refractivity contribution >= 4 is 36.4 Å². The number of aromatic nitrogens is 2. The second kappa shape index (κ2) is 9.52. The molecule has 0 aliphatic carbocycles.